The molecular weight excluding hydrogens is 172 g/mol. The lowest BCUT2D eigenvalue weighted by molar-refractivity contribution is 0.0969. The minimum Gasteiger partial charge on any atom is -0.327 e. The number of nitrogens with two attached hydrogens (primary N) is 1. The molecular formula is C8H12N2OS. The lowest BCUT2D eigenvalue weighted by atomic mass is 10.1. The van der Waals surface area contributed by atoms with E-state index in [0.29, 0.717) is 12.1 Å². The molecule has 0 aliphatic carbocycles. The van der Waals surface area contributed by atoms with Gasteiger partial charge in [-0.25, -0.2) is 4.98 Å². The number of carbonyl (C=O) groups excluding carboxylic acids is 1. The van der Waals surface area contributed by atoms with E-state index in [1.807, 2.05) is 6.92 Å². The van der Waals surface area contributed by atoms with Gasteiger partial charge in [-0.1, -0.05) is 6.92 Å². The molecule has 0 spiro atoms. The van der Waals surface area contributed by atoms with Crippen molar-refractivity contribution in [2.75, 3.05) is 0 Å². The predicted molar refractivity (Wildman–Crippen MR) is 49.3 cm³/mol. The highest BCUT2D eigenvalue weighted by Crippen LogP contribution is 2.06. The fourth-order valence-electron chi connectivity index (χ4n) is 0.837. The number of ketones is 1. The average molecular weight is 184 g/mol. The van der Waals surface area contributed by atoms with Crippen LogP contribution in [0.3, 0.4) is 0 Å². The minimum absolute atomic E-state index is 0.0285. The lowest BCUT2D eigenvalue weighted by Gasteiger charge is -2.04. The van der Waals surface area contributed by atoms with Crippen LogP contribution in [0.4, 0.5) is 0 Å². The number of carbonyl (C=O) groups is 1. The van der Waals surface area contributed by atoms with Gasteiger partial charge in [0, 0.05) is 17.8 Å². The molecule has 0 fully saturated rings. The average Bonchev–Trinajstić information content (AvgIpc) is 2.56. The Bertz CT molecular complexity index is 246. The molecule has 0 bridgehead atoms. The van der Waals surface area contributed by atoms with E-state index in [9.17, 15) is 4.79 Å². The molecule has 1 aromatic heterocycles. The molecule has 0 aromatic carbocycles. The molecule has 0 aliphatic rings. The van der Waals surface area contributed by atoms with Gasteiger partial charge in [-0.05, 0) is 6.42 Å². The highest BCUT2D eigenvalue weighted by molar-refractivity contribution is 7.07. The van der Waals surface area contributed by atoms with E-state index in [0.717, 1.165) is 6.42 Å². The zero-order valence-electron chi connectivity index (χ0n) is 6.99. The van der Waals surface area contributed by atoms with Crippen LogP contribution in [-0.4, -0.2) is 16.8 Å². The van der Waals surface area contributed by atoms with Crippen molar-refractivity contribution < 1.29 is 4.79 Å². The van der Waals surface area contributed by atoms with E-state index in [1.54, 1.807) is 10.9 Å². The van der Waals surface area contributed by atoms with E-state index >= 15 is 0 Å². The first kappa shape index (κ1) is 9.35. The number of hydrogen-bond donors (Lipinski definition) is 1. The summed E-state index contributed by atoms with van der Waals surface area (Å²) in [6.45, 7) is 1.97. The smallest absolute Gasteiger partial charge is 0.183 e. The Kier molecular flexibility index (Phi) is 3.37. The number of thiazole rings is 1. The Morgan fingerprint density at radius 1 is 1.83 bits per heavy atom. The monoisotopic (exact) mass is 184 g/mol. The maximum Gasteiger partial charge on any atom is 0.183 e. The van der Waals surface area contributed by atoms with Crippen LogP contribution < -0.4 is 5.73 Å². The molecule has 12 heavy (non-hydrogen) atoms. The van der Waals surface area contributed by atoms with Gasteiger partial charge in [0.2, 0.25) is 0 Å². The molecule has 4 heteroatoms. The van der Waals surface area contributed by atoms with Crippen molar-refractivity contribution in [2.24, 2.45) is 5.73 Å². The summed E-state index contributed by atoms with van der Waals surface area (Å²) in [5.74, 6) is 0.0469. The predicted octanol–water partition coefficient (Wildman–Crippen LogP) is 1.45. The second-order valence-electron chi connectivity index (χ2n) is 2.67. The van der Waals surface area contributed by atoms with Gasteiger partial charge in [0.1, 0.15) is 5.69 Å². The summed E-state index contributed by atoms with van der Waals surface area (Å²) < 4.78 is 0. The van der Waals surface area contributed by atoms with Crippen molar-refractivity contribution in [3.8, 4) is 0 Å². The van der Waals surface area contributed by atoms with Gasteiger partial charge >= 0.3 is 0 Å². The summed E-state index contributed by atoms with van der Waals surface area (Å²) >= 11 is 1.43. The minimum atomic E-state index is -0.0285. The zero-order chi connectivity index (χ0) is 8.97. The van der Waals surface area contributed by atoms with Crippen LogP contribution >= 0.6 is 11.3 Å². The first-order valence-electron chi connectivity index (χ1n) is 3.91. The quantitative estimate of drug-likeness (QED) is 0.720. The van der Waals surface area contributed by atoms with E-state index in [2.05, 4.69) is 4.98 Å². The topological polar surface area (TPSA) is 56.0 Å². The zero-order valence-corrected chi connectivity index (χ0v) is 7.80. The number of Topliss-reactive ketones (excluding diaryl/α,β-unsaturated/α-hetero) is 1. The van der Waals surface area contributed by atoms with E-state index in [-0.39, 0.29) is 11.8 Å². The van der Waals surface area contributed by atoms with Crippen molar-refractivity contribution in [3.05, 3.63) is 16.6 Å². The fraction of sp³-hybridized carbons (Fsp3) is 0.500. The summed E-state index contributed by atoms with van der Waals surface area (Å²) in [6.07, 6.45) is 1.23. The summed E-state index contributed by atoms with van der Waals surface area (Å²) in [7, 11) is 0. The van der Waals surface area contributed by atoms with Crippen LogP contribution in [-0.2, 0) is 0 Å². The second-order valence-corrected chi connectivity index (χ2v) is 3.39. The normalized spacial score (nSPS) is 12.8. The third-order valence-corrected chi connectivity index (χ3v) is 2.28. The third kappa shape index (κ3) is 2.39. The van der Waals surface area contributed by atoms with Crippen LogP contribution in [0.25, 0.3) is 0 Å². The van der Waals surface area contributed by atoms with Crippen molar-refractivity contribution in [1.82, 2.24) is 4.98 Å². The van der Waals surface area contributed by atoms with Gasteiger partial charge in [-0.3, -0.25) is 4.79 Å². The second kappa shape index (κ2) is 4.33. The number of nitrogens with zero attached hydrogens (tertiary/aromatic N) is 1. The van der Waals surface area contributed by atoms with Gasteiger partial charge in [-0.2, -0.15) is 0 Å². The van der Waals surface area contributed by atoms with Crippen LogP contribution in [0.5, 0.6) is 0 Å². The first-order chi connectivity index (χ1) is 5.74. The Morgan fingerprint density at radius 2 is 2.58 bits per heavy atom. The number of hydrogen-bond acceptors (Lipinski definition) is 4. The van der Waals surface area contributed by atoms with E-state index in [4.69, 9.17) is 5.73 Å². The summed E-state index contributed by atoms with van der Waals surface area (Å²) in [6, 6.07) is -0.0285. The summed E-state index contributed by atoms with van der Waals surface area (Å²) in [5, 5.41) is 1.75. The van der Waals surface area contributed by atoms with E-state index < -0.39 is 0 Å². The molecule has 1 atom stereocenters. The Balaban J connectivity index is 2.50. The molecule has 3 nitrogen and oxygen atoms in total. The van der Waals surface area contributed by atoms with E-state index in [1.165, 1.54) is 11.3 Å². The molecule has 1 unspecified atom stereocenters. The van der Waals surface area contributed by atoms with Crippen LogP contribution in [0.1, 0.15) is 30.3 Å². The third-order valence-electron chi connectivity index (χ3n) is 1.69. The lowest BCUT2D eigenvalue weighted by Crippen LogP contribution is -2.22. The fourth-order valence-corrected chi connectivity index (χ4v) is 1.39. The highest BCUT2D eigenvalue weighted by atomic mass is 32.1. The standard InChI is InChI=1S/C8H12N2OS/c1-2-6(9)3-8(11)7-4-12-5-10-7/h4-6H,2-3,9H2,1H3. The number of aromatic nitrogens is 1. The number of rotatable bonds is 4. The highest BCUT2D eigenvalue weighted by Gasteiger charge is 2.11. The maximum atomic E-state index is 11.3. The van der Waals surface area contributed by atoms with Crippen LogP contribution in [0.2, 0.25) is 0 Å². The molecule has 66 valence electrons. The van der Waals surface area contributed by atoms with Crippen molar-refractivity contribution in [1.29, 1.82) is 0 Å². The van der Waals surface area contributed by atoms with Crippen LogP contribution in [0.15, 0.2) is 10.9 Å². The molecule has 0 radical (unpaired) electrons. The van der Waals surface area contributed by atoms with Crippen molar-refractivity contribution in [3.63, 3.8) is 0 Å². The molecule has 1 heterocycles. The van der Waals surface area contributed by atoms with Crippen molar-refractivity contribution in [2.45, 2.75) is 25.8 Å². The molecule has 1 aromatic rings. The summed E-state index contributed by atoms with van der Waals surface area (Å²) in [5.41, 5.74) is 7.84. The summed E-state index contributed by atoms with van der Waals surface area (Å²) in [4.78, 5) is 15.3. The first-order valence-corrected chi connectivity index (χ1v) is 4.85. The maximum absolute atomic E-state index is 11.3. The van der Waals surface area contributed by atoms with Gasteiger partial charge in [0.15, 0.2) is 5.78 Å². The molecule has 0 saturated heterocycles. The van der Waals surface area contributed by atoms with Gasteiger partial charge in [0.25, 0.3) is 0 Å². The molecule has 1 rings (SSSR count). The molecule has 0 amide bonds. The Hall–Kier alpha value is -0.740. The Morgan fingerprint density at radius 3 is 3.08 bits per heavy atom. The Labute approximate surface area is 75.6 Å². The van der Waals surface area contributed by atoms with Crippen molar-refractivity contribution >= 4 is 17.1 Å². The van der Waals surface area contributed by atoms with Gasteiger partial charge < -0.3 is 5.73 Å². The van der Waals surface area contributed by atoms with Gasteiger partial charge in [0.05, 0.1) is 5.51 Å². The molecule has 0 saturated carbocycles. The molecule has 2 N–H and O–H groups in total. The van der Waals surface area contributed by atoms with Gasteiger partial charge in [-0.15, -0.1) is 11.3 Å². The SMILES string of the molecule is CCC(N)CC(=O)c1cscn1. The molecule has 0 aliphatic heterocycles. The van der Waals surface area contributed by atoms with Crippen LogP contribution in [0, 0.1) is 0 Å². The largest absolute Gasteiger partial charge is 0.327 e.